The van der Waals surface area contributed by atoms with E-state index in [9.17, 15) is 4.79 Å². The molecular formula is C21H26N10O3S4Zn. The molecule has 0 unspecified atom stereocenters. The number of carbonyl (C=O) groups excluding carboxylic acids is 1. The Hall–Kier alpha value is -3.35. The maximum Gasteiger partial charge on any atom is 2.00 e. The molecular weight excluding hydrogens is 634 g/mol. The van der Waals surface area contributed by atoms with Gasteiger partial charge in [0.15, 0.2) is 12.4 Å². The Balaban J connectivity index is -0.000000134. The summed E-state index contributed by atoms with van der Waals surface area (Å²) in [6.45, 7) is 3.58. The van der Waals surface area contributed by atoms with Crippen molar-refractivity contribution in [3.8, 4) is 0 Å². The summed E-state index contributed by atoms with van der Waals surface area (Å²) in [6.07, 6.45) is 3.58. The number of hydrogen-bond acceptors (Lipinski definition) is 9. The van der Waals surface area contributed by atoms with Gasteiger partial charge in [0.05, 0.1) is 0 Å². The number of H-pyrrole nitrogens is 2. The van der Waals surface area contributed by atoms with E-state index in [1.807, 2.05) is 36.4 Å². The van der Waals surface area contributed by atoms with E-state index < -0.39 is 6.03 Å². The van der Waals surface area contributed by atoms with E-state index in [0.29, 0.717) is 11.4 Å². The smallest absolute Gasteiger partial charge is 0.753 e. The first-order valence-electron chi connectivity index (χ1n) is 9.36. The van der Waals surface area contributed by atoms with E-state index in [2.05, 4.69) is 79.9 Å². The van der Waals surface area contributed by atoms with Gasteiger partial charge in [0.2, 0.25) is 11.4 Å². The van der Waals surface area contributed by atoms with Crippen molar-refractivity contribution in [2.45, 2.75) is 13.8 Å². The molecule has 18 heteroatoms. The Morgan fingerprint density at radius 3 is 1.18 bits per heavy atom. The van der Waals surface area contributed by atoms with Gasteiger partial charge in [-0.25, -0.2) is 25.6 Å². The van der Waals surface area contributed by atoms with Crippen molar-refractivity contribution in [3.05, 3.63) is 81.8 Å². The molecule has 0 aliphatic heterocycles. The number of carbonyl (C=O) groups is 1. The van der Waals surface area contributed by atoms with Crippen LogP contribution >= 0.6 is 48.9 Å². The van der Waals surface area contributed by atoms with Gasteiger partial charge < -0.3 is 31.9 Å². The number of aromatic amines is 2. The fourth-order valence-corrected chi connectivity index (χ4v) is 1.65. The molecule has 204 valence electrons. The Kier molecular flexibility index (Phi) is 55.7. The molecule has 0 aliphatic rings. The molecule has 39 heavy (non-hydrogen) atoms. The predicted octanol–water partition coefficient (Wildman–Crippen LogP) is 2.61. The van der Waals surface area contributed by atoms with Crippen LogP contribution in [-0.2, 0) is 19.5 Å². The Labute approximate surface area is 261 Å². The molecule has 2 amide bonds. The Morgan fingerprint density at radius 2 is 0.974 bits per heavy atom. The topological polar surface area (TPSA) is 224 Å². The van der Waals surface area contributed by atoms with Crippen LogP contribution in [0.3, 0.4) is 0 Å². The predicted molar refractivity (Wildman–Crippen MR) is 162 cm³/mol. The molecule has 2 rings (SSSR count). The van der Waals surface area contributed by atoms with Crippen molar-refractivity contribution in [1.82, 2.24) is 10.9 Å². The Morgan fingerprint density at radius 1 is 0.718 bits per heavy atom. The first-order valence-corrected chi connectivity index (χ1v) is 11.0. The van der Waals surface area contributed by atoms with Crippen molar-refractivity contribution in [2.75, 3.05) is 14.2 Å². The molecule has 0 aromatic carbocycles. The van der Waals surface area contributed by atoms with Crippen molar-refractivity contribution in [3.63, 3.8) is 0 Å². The molecule has 0 spiro atoms. The monoisotopic (exact) mass is 658 g/mol. The quantitative estimate of drug-likeness (QED) is 0.166. The number of isothiocyanates is 4. The van der Waals surface area contributed by atoms with Gasteiger partial charge >= 0.3 is 25.5 Å². The molecule has 6 N–H and O–H groups in total. The standard InChI is InChI=1S/C15H16N6O.4CNS.2CH4O.Zn/c1-11(13-7-3-5-9-16-13)18-20-15(22)21-19-12(2)14-8-4-6-10-17-14;4*2-1-3;2*1-2;/h3-10H,1-2H3,(H2,20,21,22);;;;;2*2H,1H3;/q;4*-1;;;+2/p+2/b18-11+,19-12+;;;;;;;. The van der Waals surface area contributed by atoms with Gasteiger partial charge in [-0.15, -0.1) is 0 Å². The largest absolute Gasteiger partial charge is 2.00 e. The number of nitrogens with one attached hydrogen (secondary N) is 4. The normalized spacial score (nSPS) is 7.85. The van der Waals surface area contributed by atoms with E-state index in [-0.39, 0.29) is 19.5 Å². The average molecular weight is 660 g/mol. The van der Waals surface area contributed by atoms with Crippen LogP contribution in [0.2, 0.25) is 0 Å². The van der Waals surface area contributed by atoms with Crippen LogP contribution in [0.1, 0.15) is 25.2 Å². The zero-order chi connectivity index (χ0) is 30.6. The van der Waals surface area contributed by atoms with Gasteiger partial charge in [-0.05, 0) is 26.0 Å². The van der Waals surface area contributed by atoms with Crippen LogP contribution in [0.15, 0.2) is 59.0 Å². The fourth-order valence-electron chi connectivity index (χ4n) is 1.65. The maximum absolute atomic E-state index is 11.7. The van der Waals surface area contributed by atoms with Gasteiger partial charge in [-0.1, -0.05) is 48.9 Å². The molecule has 0 saturated carbocycles. The zero-order valence-electron chi connectivity index (χ0n) is 21.4. The number of aromatic nitrogens is 2. The van der Waals surface area contributed by atoms with Crippen LogP contribution in [0.5, 0.6) is 0 Å². The number of hydrazone groups is 2. The van der Waals surface area contributed by atoms with Gasteiger partial charge in [-0.2, -0.15) is 30.8 Å². The van der Waals surface area contributed by atoms with E-state index in [0.717, 1.165) is 25.6 Å². The molecule has 2 aromatic rings. The van der Waals surface area contributed by atoms with Crippen molar-refractivity contribution >= 4 is 87.0 Å². The van der Waals surface area contributed by atoms with E-state index >= 15 is 0 Å². The summed E-state index contributed by atoms with van der Waals surface area (Å²) in [6, 6.07) is 10.7. The molecule has 0 bridgehead atoms. The number of aliphatic hydroxyl groups excluding tert-OH is 2. The number of hydrogen-bond donors (Lipinski definition) is 4. The number of amides is 2. The van der Waals surface area contributed by atoms with Crippen molar-refractivity contribution in [2.24, 2.45) is 10.2 Å². The number of pyridine rings is 2. The molecule has 0 fully saturated rings. The third-order valence-electron chi connectivity index (χ3n) is 2.85. The molecule has 0 atom stereocenters. The van der Waals surface area contributed by atoms with Crippen LogP contribution in [0.25, 0.3) is 21.6 Å². The van der Waals surface area contributed by atoms with Gasteiger partial charge in [0, 0.05) is 38.5 Å². The number of thiocarbonyl (C=S) groups is 4. The summed E-state index contributed by atoms with van der Waals surface area (Å²) in [4.78, 5) is 17.7. The summed E-state index contributed by atoms with van der Waals surface area (Å²) in [5.41, 5.74) is 7.74. The molecule has 2 heterocycles. The molecule has 13 nitrogen and oxygen atoms in total. The van der Waals surface area contributed by atoms with Crippen molar-refractivity contribution < 1.29 is 44.5 Å². The summed E-state index contributed by atoms with van der Waals surface area (Å²) < 4.78 is 0. The van der Waals surface area contributed by atoms with Gasteiger partial charge in [0.25, 0.3) is 0 Å². The van der Waals surface area contributed by atoms with E-state index in [1.165, 1.54) is 20.6 Å². The second-order valence-corrected chi connectivity index (χ2v) is 5.60. The number of rotatable bonds is 4. The van der Waals surface area contributed by atoms with Crippen LogP contribution < -0.4 is 20.8 Å². The SMILES string of the molecule is C/C(=N\NC(=O)N/N=C(\C)c1cccc[nH+]1)c1cccc[nH+]1.CO.CO.[N-]=C=S.[N-]=C=S.[N-]=C=S.[N-]=C=S.[Zn+2]. The summed E-state index contributed by atoms with van der Waals surface area (Å²) >= 11 is 14.8. The molecule has 0 radical (unpaired) electrons. The molecule has 2 aromatic heterocycles. The first-order chi connectivity index (χ1) is 18.3. The van der Waals surface area contributed by atoms with Crippen LogP contribution in [0.4, 0.5) is 4.79 Å². The van der Waals surface area contributed by atoms with Gasteiger partial charge in [0.1, 0.15) is 11.4 Å². The first kappa shape index (κ1) is 48.7. The summed E-state index contributed by atoms with van der Waals surface area (Å²) in [5, 5.41) is 55.9. The number of nitrogens with zero attached hydrogens (tertiary/aromatic N) is 6. The molecule has 0 saturated heterocycles. The average Bonchev–Trinajstić information content (AvgIpc) is 2.95. The van der Waals surface area contributed by atoms with Crippen LogP contribution in [-0.4, -0.2) is 62.5 Å². The third-order valence-corrected chi connectivity index (χ3v) is 2.85. The fraction of sp³-hybridized carbons (Fsp3) is 0.190. The maximum atomic E-state index is 11.7. The van der Waals surface area contributed by atoms with Crippen LogP contribution in [0, 0.1) is 0 Å². The summed E-state index contributed by atoms with van der Waals surface area (Å²) in [5.74, 6) is 0. The van der Waals surface area contributed by atoms with E-state index in [4.69, 9.17) is 31.9 Å². The minimum absolute atomic E-state index is 0. The third kappa shape index (κ3) is 39.3. The van der Waals surface area contributed by atoms with Crippen molar-refractivity contribution in [1.29, 1.82) is 0 Å². The van der Waals surface area contributed by atoms with E-state index in [1.54, 1.807) is 26.2 Å². The molecule has 0 aliphatic carbocycles. The minimum atomic E-state index is -0.509. The number of urea groups is 1. The Bertz CT molecular complexity index is 945. The minimum Gasteiger partial charge on any atom is -0.753 e. The second-order valence-electron chi connectivity index (χ2n) is 4.86. The summed E-state index contributed by atoms with van der Waals surface area (Å²) in [7, 11) is 2.00. The van der Waals surface area contributed by atoms with Gasteiger partial charge in [-0.3, -0.25) is 0 Å². The second kappa shape index (κ2) is 44.6. The number of aliphatic hydroxyl groups is 2. The zero-order valence-corrected chi connectivity index (χ0v) is 27.7.